The molecule has 0 heterocycles. The average molecular weight is 416 g/mol. The van der Waals surface area contributed by atoms with Crippen molar-refractivity contribution in [2.45, 2.75) is 6.42 Å². The van der Waals surface area contributed by atoms with Crippen molar-refractivity contribution in [3.8, 4) is 11.1 Å². The van der Waals surface area contributed by atoms with Crippen molar-refractivity contribution >= 4 is 46.1 Å². The molecule has 2 N–H and O–H groups in total. The van der Waals surface area contributed by atoms with Crippen LogP contribution in [0, 0.1) is 0 Å². The van der Waals surface area contributed by atoms with Crippen LogP contribution in [0.25, 0.3) is 32.7 Å². The van der Waals surface area contributed by atoms with Gasteiger partial charge in [0.2, 0.25) is 0 Å². The van der Waals surface area contributed by atoms with E-state index in [0.29, 0.717) is 29.7 Å². The molecule has 0 aromatic heterocycles. The first-order chi connectivity index (χ1) is 14.6. The molecule has 0 spiro atoms. The number of thiol groups is 1. The van der Waals surface area contributed by atoms with Crippen LogP contribution >= 0.6 is 12.6 Å². The molecule has 0 aliphatic carbocycles. The van der Waals surface area contributed by atoms with Crippen LogP contribution in [0.5, 0.6) is 0 Å². The van der Waals surface area contributed by atoms with Crippen molar-refractivity contribution in [1.29, 1.82) is 0 Å². The van der Waals surface area contributed by atoms with Crippen LogP contribution in [0.15, 0.2) is 72.8 Å². The van der Waals surface area contributed by atoms with Crippen molar-refractivity contribution in [2.24, 2.45) is 0 Å². The molecule has 0 fully saturated rings. The lowest BCUT2D eigenvalue weighted by molar-refractivity contribution is 0.0692. The molecule has 4 aromatic rings. The van der Waals surface area contributed by atoms with Gasteiger partial charge >= 0.3 is 5.97 Å². The number of carbonyl (C=O) groups is 2. The highest BCUT2D eigenvalue weighted by molar-refractivity contribution is 7.80. The van der Waals surface area contributed by atoms with Crippen LogP contribution in [0.2, 0.25) is 0 Å². The molecule has 0 unspecified atom stereocenters. The summed E-state index contributed by atoms with van der Waals surface area (Å²) in [4.78, 5) is 25.5. The Hall–Kier alpha value is -3.31. The predicted molar refractivity (Wildman–Crippen MR) is 125 cm³/mol. The number of hydrogen-bond acceptors (Lipinski definition) is 3. The van der Waals surface area contributed by atoms with Crippen molar-refractivity contribution in [3.05, 3.63) is 83.9 Å². The number of amides is 1. The maximum Gasteiger partial charge on any atom is 0.337 e. The summed E-state index contributed by atoms with van der Waals surface area (Å²) < 4.78 is 0. The fourth-order valence-electron chi connectivity index (χ4n) is 3.85. The van der Waals surface area contributed by atoms with E-state index in [4.69, 9.17) is 0 Å². The zero-order valence-electron chi connectivity index (χ0n) is 16.3. The number of carboxylic acid groups (broad SMARTS) is 1. The molecule has 4 nitrogen and oxygen atoms in total. The minimum Gasteiger partial charge on any atom is -0.478 e. The van der Waals surface area contributed by atoms with E-state index in [-0.39, 0.29) is 17.0 Å². The van der Waals surface area contributed by atoms with Gasteiger partial charge in [-0.25, -0.2) is 4.79 Å². The number of fused-ring (bicyclic) bond motifs is 2. The zero-order chi connectivity index (χ0) is 21.1. The second-order valence-electron chi connectivity index (χ2n) is 7.06. The number of carboxylic acids is 1. The number of rotatable bonds is 6. The van der Waals surface area contributed by atoms with Gasteiger partial charge in [-0.05, 0) is 50.9 Å². The van der Waals surface area contributed by atoms with Gasteiger partial charge in [-0.15, -0.1) is 0 Å². The molecule has 150 valence electrons. The van der Waals surface area contributed by atoms with Crippen LogP contribution in [0.4, 0.5) is 0 Å². The Labute approximate surface area is 179 Å². The summed E-state index contributed by atoms with van der Waals surface area (Å²) in [5.74, 6) is -0.862. The van der Waals surface area contributed by atoms with E-state index in [0.717, 1.165) is 21.7 Å². The first-order valence-electron chi connectivity index (χ1n) is 9.78. The maximum atomic E-state index is 13.1. The number of nitrogens with one attached hydrogen (secondary N) is 1. The van der Waals surface area contributed by atoms with Gasteiger partial charge in [0.1, 0.15) is 0 Å². The van der Waals surface area contributed by atoms with Crippen molar-refractivity contribution in [2.75, 3.05) is 12.3 Å². The second kappa shape index (κ2) is 8.59. The van der Waals surface area contributed by atoms with Crippen molar-refractivity contribution in [1.82, 2.24) is 5.32 Å². The summed E-state index contributed by atoms with van der Waals surface area (Å²) in [6.45, 7) is 0.439. The summed E-state index contributed by atoms with van der Waals surface area (Å²) in [6.07, 6.45) is 0.707. The quantitative estimate of drug-likeness (QED) is 0.291. The van der Waals surface area contributed by atoms with Gasteiger partial charge in [0.15, 0.2) is 0 Å². The molecule has 1 amide bonds. The third-order valence-electron chi connectivity index (χ3n) is 5.19. The summed E-state index contributed by atoms with van der Waals surface area (Å²) in [5.41, 5.74) is 1.55. The summed E-state index contributed by atoms with van der Waals surface area (Å²) in [6, 6.07) is 22.9. The first-order valence-corrected chi connectivity index (χ1v) is 10.4. The van der Waals surface area contributed by atoms with Gasteiger partial charge in [-0.3, -0.25) is 4.79 Å². The molecule has 4 rings (SSSR count). The van der Waals surface area contributed by atoms with E-state index in [1.54, 1.807) is 6.07 Å². The van der Waals surface area contributed by atoms with E-state index in [9.17, 15) is 14.7 Å². The molecular weight excluding hydrogens is 394 g/mol. The Balaban J connectivity index is 2.04. The SMILES string of the molecule is O=C(O)c1c(-c2cccc3ccccc23)cc2ccccc2c1C(=O)NCCCS. The van der Waals surface area contributed by atoms with Crippen molar-refractivity contribution < 1.29 is 14.7 Å². The lowest BCUT2D eigenvalue weighted by atomic mass is 9.88. The zero-order valence-corrected chi connectivity index (χ0v) is 17.2. The van der Waals surface area contributed by atoms with E-state index in [1.807, 2.05) is 66.7 Å². The highest BCUT2D eigenvalue weighted by atomic mass is 32.1. The highest BCUT2D eigenvalue weighted by Gasteiger charge is 2.25. The molecule has 0 saturated heterocycles. The number of hydrogen-bond donors (Lipinski definition) is 3. The van der Waals surface area contributed by atoms with Crippen LogP contribution in [0.3, 0.4) is 0 Å². The normalized spacial score (nSPS) is 11.0. The summed E-state index contributed by atoms with van der Waals surface area (Å²) in [5, 5.41) is 16.4. The second-order valence-corrected chi connectivity index (χ2v) is 7.51. The van der Waals surface area contributed by atoms with E-state index >= 15 is 0 Å². The fourth-order valence-corrected chi connectivity index (χ4v) is 4.01. The Morgan fingerprint density at radius 1 is 0.800 bits per heavy atom. The highest BCUT2D eigenvalue weighted by Crippen LogP contribution is 2.36. The largest absolute Gasteiger partial charge is 0.478 e. The smallest absolute Gasteiger partial charge is 0.337 e. The molecule has 0 aliphatic rings. The van der Waals surface area contributed by atoms with E-state index in [2.05, 4.69) is 17.9 Å². The first kappa shape index (κ1) is 20.0. The minimum atomic E-state index is -1.12. The molecular formula is C25H21NO3S. The topological polar surface area (TPSA) is 66.4 Å². The molecule has 5 heteroatoms. The Morgan fingerprint density at radius 2 is 1.47 bits per heavy atom. The van der Waals surface area contributed by atoms with Crippen LogP contribution in [-0.4, -0.2) is 29.3 Å². The summed E-state index contributed by atoms with van der Waals surface area (Å²) in [7, 11) is 0. The van der Waals surface area contributed by atoms with Gasteiger partial charge in [0.25, 0.3) is 5.91 Å². The number of aromatic carboxylic acids is 1. The van der Waals surface area contributed by atoms with Gasteiger partial charge in [-0.1, -0.05) is 66.7 Å². The number of benzene rings is 4. The third-order valence-corrected chi connectivity index (χ3v) is 5.51. The molecule has 30 heavy (non-hydrogen) atoms. The van der Waals surface area contributed by atoms with E-state index in [1.165, 1.54) is 0 Å². The lowest BCUT2D eigenvalue weighted by Crippen LogP contribution is -2.27. The van der Waals surface area contributed by atoms with Gasteiger partial charge in [-0.2, -0.15) is 12.6 Å². The molecule has 0 bridgehead atoms. The van der Waals surface area contributed by atoms with Crippen LogP contribution < -0.4 is 5.32 Å². The Morgan fingerprint density at radius 3 is 2.20 bits per heavy atom. The Kier molecular flexibility index (Phi) is 5.72. The van der Waals surface area contributed by atoms with Gasteiger partial charge < -0.3 is 10.4 Å². The maximum absolute atomic E-state index is 13.1. The van der Waals surface area contributed by atoms with Gasteiger partial charge in [0, 0.05) is 6.54 Å². The number of carbonyl (C=O) groups excluding carboxylic acids is 1. The monoisotopic (exact) mass is 415 g/mol. The minimum absolute atomic E-state index is 0.0217. The molecule has 4 aromatic carbocycles. The van der Waals surface area contributed by atoms with Crippen molar-refractivity contribution in [3.63, 3.8) is 0 Å². The lowest BCUT2D eigenvalue weighted by Gasteiger charge is -2.17. The molecule has 0 radical (unpaired) electrons. The third kappa shape index (κ3) is 3.64. The average Bonchev–Trinajstić information content (AvgIpc) is 2.77. The summed E-state index contributed by atoms with van der Waals surface area (Å²) >= 11 is 4.18. The predicted octanol–water partition coefficient (Wildman–Crippen LogP) is 5.41. The fraction of sp³-hybridized carbons (Fsp3) is 0.120. The molecule has 0 saturated carbocycles. The Bertz CT molecular complexity index is 1260. The van der Waals surface area contributed by atoms with Crippen LogP contribution in [0.1, 0.15) is 27.1 Å². The molecule has 0 atom stereocenters. The standard InChI is InChI=1S/C25H21NO3S/c27-24(26-13-6-14-30)22-19-11-4-2-8-17(19)15-21(23(22)25(28)29)20-12-5-9-16-7-1-3-10-18(16)20/h1-5,7-12,15,30H,6,13-14H2,(H,26,27)(H,28,29). The van der Waals surface area contributed by atoms with E-state index < -0.39 is 5.97 Å². The van der Waals surface area contributed by atoms with Gasteiger partial charge in [0.05, 0.1) is 11.1 Å². The molecule has 0 aliphatic heterocycles. The van der Waals surface area contributed by atoms with Crippen LogP contribution in [-0.2, 0) is 0 Å².